The van der Waals surface area contributed by atoms with Gasteiger partial charge in [0.1, 0.15) is 0 Å². The highest BCUT2D eigenvalue weighted by molar-refractivity contribution is 9.09. The summed E-state index contributed by atoms with van der Waals surface area (Å²) in [6, 6.07) is 2.28. The summed E-state index contributed by atoms with van der Waals surface area (Å²) in [5, 5.41) is 5.79. The van der Waals surface area contributed by atoms with Crippen molar-refractivity contribution in [2.75, 3.05) is 18.4 Å². The maximum atomic E-state index is 4.63. The summed E-state index contributed by atoms with van der Waals surface area (Å²) in [7, 11) is 0. The Bertz CT molecular complexity index is 367. The quantitative estimate of drug-likeness (QED) is 0.779. The molecule has 0 saturated carbocycles. The molecule has 1 aromatic heterocycles. The van der Waals surface area contributed by atoms with E-state index in [2.05, 4.69) is 50.5 Å². The lowest BCUT2D eigenvalue weighted by Gasteiger charge is -2.31. The van der Waals surface area contributed by atoms with Crippen molar-refractivity contribution >= 4 is 15.9 Å². The van der Waals surface area contributed by atoms with Crippen LogP contribution in [0.25, 0.3) is 0 Å². The molecule has 1 fully saturated rings. The first-order valence-electron chi connectivity index (χ1n) is 7.10. The smallest absolute Gasteiger partial charge is 0.0625 e. The van der Waals surface area contributed by atoms with Crippen LogP contribution >= 0.6 is 15.9 Å². The Hall–Kier alpha value is -0.350. The monoisotopic (exact) mass is 313 g/mol. The molecule has 3 nitrogen and oxygen atoms in total. The molecule has 0 radical (unpaired) electrons. The molecular formula is C14H24BrN3. The van der Waals surface area contributed by atoms with Crippen LogP contribution in [-0.2, 0) is 19.5 Å². The normalized spacial score (nSPS) is 18.4. The molecule has 1 saturated heterocycles. The predicted octanol–water partition coefficient (Wildman–Crippen LogP) is 3.07. The minimum absolute atomic E-state index is 0.878. The van der Waals surface area contributed by atoms with Crippen LogP contribution in [0.2, 0.25) is 0 Å². The number of aromatic nitrogens is 2. The number of aryl methyl sites for hydroxylation is 2. The van der Waals surface area contributed by atoms with Gasteiger partial charge in [0.2, 0.25) is 0 Å². The fraction of sp³-hybridized carbons (Fsp3) is 0.786. The third-order valence-corrected chi connectivity index (χ3v) is 4.80. The molecule has 2 rings (SSSR count). The second-order valence-corrected chi connectivity index (χ2v) is 5.82. The van der Waals surface area contributed by atoms with E-state index in [4.69, 9.17) is 0 Å². The van der Waals surface area contributed by atoms with E-state index in [0.717, 1.165) is 30.8 Å². The van der Waals surface area contributed by atoms with Crippen LogP contribution in [-0.4, -0.2) is 33.1 Å². The van der Waals surface area contributed by atoms with Crippen LogP contribution in [0.4, 0.5) is 0 Å². The Balaban J connectivity index is 1.95. The number of rotatable bonds is 5. The third kappa shape index (κ3) is 3.35. The summed E-state index contributed by atoms with van der Waals surface area (Å²) in [5.74, 6) is 0.878. The average Bonchev–Trinajstić information content (AvgIpc) is 2.82. The average molecular weight is 314 g/mol. The molecule has 1 aromatic rings. The van der Waals surface area contributed by atoms with Crippen molar-refractivity contribution in [1.82, 2.24) is 14.7 Å². The van der Waals surface area contributed by atoms with Gasteiger partial charge in [-0.1, -0.05) is 22.9 Å². The Morgan fingerprint density at radius 1 is 1.33 bits per heavy atom. The lowest BCUT2D eigenvalue weighted by Crippen LogP contribution is -2.34. The van der Waals surface area contributed by atoms with Crippen LogP contribution in [0.5, 0.6) is 0 Å². The molecule has 0 bridgehead atoms. The summed E-state index contributed by atoms with van der Waals surface area (Å²) in [6.45, 7) is 8.85. The molecule has 2 heterocycles. The van der Waals surface area contributed by atoms with E-state index < -0.39 is 0 Å². The molecule has 0 aliphatic carbocycles. The zero-order chi connectivity index (χ0) is 13.0. The number of nitrogens with zero attached hydrogens (tertiary/aromatic N) is 3. The van der Waals surface area contributed by atoms with Crippen molar-refractivity contribution in [2.24, 2.45) is 5.92 Å². The standard InChI is InChI=1S/C14H24BrN3/c1-3-13-9-14(18(4-2)16-13)11-17-7-5-12(10-15)6-8-17/h9,12H,3-8,10-11H2,1-2H3. The minimum Gasteiger partial charge on any atom is -0.298 e. The van der Waals surface area contributed by atoms with Gasteiger partial charge in [0.15, 0.2) is 0 Å². The van der Waals surface area contributed by atoms with E-state index >= 15 is 0 Å². The fourth-order valence-corrected chi connectivity index (χ4v) is 3.26. The molecule has 0 amide bonds. The van der Waals surface area contributed by atoms with Crippen molar-refractivity contribution in [1.29, 1.82) is 0 Å². The molecule has 0 spiro atoms. The Labute approximate surface area is 119 Å². The Morgan fingerprint density at radius 3 is 2.61 bits per heavy atom. The highest BCUT2D eigenvalue weighted by Gasteiger charge is 2.19. The van der Waals surface area contributed by atoms with E-state index in [-0.39, 0.29) is 0 Å². The number of likely N-dealkylation sites (tertiary alicyclic amines) is 1. The first kappa shape index (κ1) is 14.1. The topological polar surface area (TPSA) is 21.1 Å². The predicted molar refractivity (Wildman–Crippen MR) is 79.1 cm³/mol. The number of alkyl halides is 1. The van der Waals surface area contributed by atoms with Gasteiger partial charge in [0, 0.05) is 18.4 Å². The highest BCUT2D eigenvalue weighted by atomic mass is 79.9. The SMILES string of the molecule is CCc1cc(CN2CCC(CBr)CC2)n(CC)n1. The Kier molecular flexibility index (Phi) is 5.25. The van der Waals surface area contributed by atoms with Gasteiger partial charge in [-0.3, -0.25) is 9.58 Å². The van der Waals surface area contributed by atoms with Crippen molar-refractivity contribution in [3.8, 4) is 0 Å². The summed E-state index contributed by atoms with van der Waals surface area (Å²) >= 11 is 3.60. The van der Waals surface area contributed by atoms with Crippen LogP contribution in [0.15, 0.2) is 6.07 Å². The third-order valence-electron chi connectivity index (χ3n) is 3.89. The zero-order valence-electron chi connectivity index (χ0n) is 11.5. The molecule has 0 atom stereocenters. The highest BCUT2D eigenvalue weighted by Crippen LogP contribution is 2.20. The summed E-state index contributed by atoms with van der Waals surface area (Å²) < 4.78 is 2.16. The first-order chi connectivity index (χ1) is 8.76. The van der Waals surface area contributed by atoms with Gasteiger partial charge in [-0.15, -0.1) is 0 Å². The second kappa shape index (κ2) is 6.71. The summed E-state index contributed by atoms with van der Waals surface area (Å²) in [5.41, 5.74) is 2.61. The number of hydrogen-bond acceptors (Lipinski definition) is 2. The minimum atomic E-state index is 0.878. The van der Waals surface area contributed by atoms with E-state index in [1.54, 1.807) is 0 Å². The van der Waals surface area contributed by atoms with Gasteiger partial charge in [-0.05, 0) is 51.3 Å². The molecule has 102 valence electrons. The van der Waals surface area contributed by atoms with E-state index in [1.165, 1.54) is 37.3 Å². The molecule has 0 N–H and O–H groups in total. The van der Waals surface area contributed by atoms with E-state index in [1.807, 2.05) is 0 Å². The van der Waals surface area contributed by atoms with E-state index in [0.29, 0.717) is 0 Å². The van der Waals surface area contributed by atoms with Crippen LogP contribution in [0.3, 0.4) is 0 Å². The number of halogens is 1. The maximum absolute atomic E-state index is 4.63. The van der Waals surface area contributed by atoms with Crippen molar-refractivity contribution in [3.05, 3.63) is 17.5 Å². The Morgan fingerprint density at radius 2 is 2.06 bits per heavy atom. The molecule has 0 unspecified atom stereocenters. The van der Waals surface area contributed by atoms with Crippen molar-refractivity contribution in [2.45, 2.75) is 46.2 Å². The van der Waals surface area contributed by atoms with Gasteiger partial charge >= 0.3 is 0 Å². The number of piperidine rings is 1. The van der Waals surface area contributed by atoms with Gasteiger partial charge in [-0.25, -0.2) is 0 Å². The molecular weight excluding hydrogens is 290 g/mol. The number of hydrogen-bond donors (Lipinski definition) is 0. The first-order valence-corrected chi connectivity index (χ1v) is 8.22. The van der Waals surface area contributed by atoms with Crippen LogP contribution < -0.4 is 0 Å². The lowest BCUT2D eigenvalue weighted by molar-refractivity contribution is 0.183. The molecule has 0 aromatic carbocycles. The van der Waals surface area contributed by atoms with Crippen LogP contribution in [0, 0.1) is 5.92 Å². The second-order valence-electron chi connectivity index (χ2n) is 5.17. The largest absolute Gasteiger partial charge is 0.298 e. The summed E-state index contributed by atoms with van der Waals surface area (Å²) in [6.07, 6.45) is 3.68. The van der Waals surface area contributed by atoms with Gasteiger partial charge < -0.3 is 0 Å². The maximum Gasteiger partial charge on any atom is 0.0625 e. The molecule has 4 heteroatoms. The van der Waals surface area contributed by atoms with Crippen molar-refractivity contribution < 1.29 is 0 Å². The van der Waals surface area contributed by atoms with Crippen molar-refractivity contribution in [3.63, 3.8) is 0 Å². The summed E-state index contributed by atoms with van der Waals surface area (Å²) in [4.78, 5) is 2.57. The van der Waals surface area contributed by atoms with Gasteiger partial charge in [0.25, 0.3) is 0 Å². The molecule has 1 aliphatic heterocycles. The van der Waals surface area contributed by atoms with Crippen LogP contribution in [0.1, 0.15) is 38.1 Å². The molecule has 18 heavy (non-hydrogen) atoms. The fourth-order valence-electron chi connectivity index (χ4n) is 2.62. The van der Waals surface area contributed by atoms with Gasteiger partial charge in [-0.2, -0.15) is 5.10 Å². The van der Waals surface area contributed by atoms with Gasteiger partial charge in [0.05, 0.1) is 11.4 Å². The van der Waals surface area contributed by atoms with E-state index in [9.17, 15) is 0 Å². The zero-order valence-corrected chi connectivity index (χ0v) is 13.1. The molecule has 1 aliphatic rings. The lowest BCUT2D eigenvalue weighted by atomic mass is 9.99.